The van der Waals surface area contributed by atoms with Crippen LogP contribution in [0.15, 0.2) is 10.9 Å². The van der Waals surface area contributed by atoms with Crippen molar-refractivity contribution in [2.45, 2.75) is 37.8 Å². The lowest BCUT2D eigenvalue weighted by molar-refractivity contribution is 0.0473. The van der Waals surface area contributed by atoms with E-state index in [9.17, 15) is 5.11 Å². The zero-order chi connectivity index (χ0) is 9.86. The van der Waals surface area contributed by atoms with Gasteiger partial charge in [-0.1, -0.05) is 18.0 Å². The van der Waals surface area contributed by atoms with Crippen molar-refractivity contribution >= 4 is 0 Å². The molecule has 1 saturated carbocycles. The molecule has 2 rings (SSSR count). The van der Waals surface area contributed by atoms with Gasteiger partial charge in [0, 0.05) is 6.54 Å². The highest BCUT2D eigenvalue weighted by Crippen LogP contribution is 2.28. The van der Waals surface area contributed by atoms with E-state index in [4.69, 9.17) is 0 Å². The minimum Gasteiger partial charge on any atom is -0.389 e. The molecule has 0 radical (unpaired) electrons. The molecule has 1 heterocycles. The number of aromatic nitrogens is 2. The van der Waals surface area contributed by atoms with Crippen LogP contribution in [0.5, 0.6) is 0 Å². The van der Waals surface area contributed by atoms with Crippen molar-refractivity contribution in [3.05, 3.63) is 12.2 Å². The van der Waals surface area contributed by atoms with Gasteiger partial charge < -0.3 is 14.9 Å². The van der Waals surface area contributed by atoms with Crippen molar-refractivity contribution in [1.29, 1.82) is 0 Å². The molecular formula is C9H15N3O2. The van der Waals surface area contributed by atoms with E-state index in [0.29, 0.717) is 18.9 Å². The smallest absolute Gasteiger partial charge is 0.213 e. The average Bonchev–Trinajstić information content (AvgIpc) is 2.77. The number of aliphatic hydroxyl groups is 1. The molecule has 0 aromatic carbocycles. The Morgan fingerprint density at radius 1 is 1.50 bits per heavy atom. The molecule has 1 aliphatic rings. The average molecular weight is 197 g/mol. The quantitative estimate of drug-likeness (QED) is 0.734. The topological polar surface area (TPSA) is 71.2 Å². The van der Waals surface area contributed by atoms with Gasteiger partial charge in [0.15, 0.2) is 5.82 Å². The molecule has 1 fully saturated rings. The van der Waals surface area contributed by atoms with Crippen LogP contribution in [0.25, 0.3) is 0 Å². The molecule has 5 nitrogen and oxygen atoms in total. The Labute approximate surface area is 82.5 Å². The number of hydrogen-bond donors (Lipinski definition) is 2. The molecule has 14 heavy (non-hydrogen) atoms. The van der Waals surface area contributed by atoms with E-state index in [1.807, 2.05) is 0 Å². The zero-order valence-electron chi connectivity index (χ0n) is 8.07. The highest BCUT2D eigenvalue weighted by atomic mass is 16.5. The summed E-state index contributed by atoms with van der Waals surface area (Å²) in [5, 5.41) is 16.8. The van der Waals surface area contributed by atoms with E-state index in [1.54, 1.807) is 0 Å². The monoisotopic (exact) mass is 197 g/mol. The molecule has 1 aromatic heterocycles. The molecule has 1 aliphatic carbocycles. The Morgan fingerprint density at radius 2 is 2.29 bits per heavy atom. The molecule has 0 unspecified atom stereocenters. The molecule has 78 valence electrons. The van der Waals surface area contributed by atoms with Gasteiger partial charge in [0.1, 0.15) is 0 Å². The Bertz CT molecular complexity index is 268. The molecule has 0 spiro atoms. The van der Waals surface area contributed by atoms with Crippen LogP contribution in [0.4, 0.5) is 0 Å². The lowest BCUT2D eigenvalue weighted by Crippen LogP contribution is -2.37. The van der Waals surface area contributed by atoms with Crippen LogP contribution >= 0.6 is 0 Å². The van der Waals surface area contributed by atoms with E-state index in [2.05, 4.69) is 20.0 Å². The van der Waals surface area contributed by atoms with E-state index < -0.39 is 5.60 Å². The lowest BCUT2D eigenvalue weighted by atomic mass is 10.0. The summed E-state index contributed by atoms with van der Waals surface area (Å²) in [7, 11) is 0. The molecule has 5 heteroatoms. The number of hydrogen-bond acceptors (Lipinski definition) is 5. The predicted octanol–water partition coefficient (Wildman–Crippen LogP) is 0.464. The standard InChI is InChI=1S/C9H15N3O2/c13-9(3-1-2-4-9)6-10-5-8-11-7-14-12-8/h7,10,13H,1-6H2. The Hall–Kier alpha value is -0.940. The molecule has 0 amide bonds. The maximum absolute atomic E-state index is 9.99. The first-order chi connectivity index (χ1) is 6.79. The van der Waals surface area contributed by atoms with Gasteiger partial charge in [0.2, 0.25) is 6.39 Å². The minimum atomic E-state index is -0.510. The summed E-state index contributed by atoms with van der Waals surface area (Å²) < 4.78 is 4.60. The normalized spacial score (nSPS) is 20.1. The Kier molecular flexibility index (Phi) is 2.79. The van der Waals surface area contributed by atoms with Gasteiger partial charge in [-0.25, -0.2) is 0 Å². The van der Waals surface area contributed by atoms with Crippen LogP contribution < -0.4 is 5.32 Å². The summed E-state index contributed by atoms with van der Waals surface area (Å²) in [6.07, 6.45) is 5.35. The maximum Gasteiger partial charge on any atom is 0.213 e. The fourth-order valence-electron chi connectivity index (χ4n) is 1.89. The van der Waals surface area contributed by atoms with E-state index in [0.717, 1.165) is 25.7 Å². The number of nitrogens with one attached hydrogen (secondary N) is 1. The highest BCUT2D eigenvalue weighted by Gasteiger charge is 2.30. The predicted molar refractivity (Wildman–Crippen MR) is 49.4 cm³/mol. The van der Waals surface area contributed by atoms with Crippen molar-refractivity contribution in [1.82, 2.24) is 15.5 Å². The van der Waals surface area contributed by atoms with E-state index >= 15 is 0 Å². The van der Waals surface area contributed by atoms with Crippen LogP contribution in [0.3, 0.4) is 0 Å². The Morgan fingerprint density at radius 3 is 2.93 bits per heavy atom. The lowest BCUT2D eigenvalue weighted by Gasteiger charge is -2.21. The summed E-state index contributed by atoms with van der Waals surface area (Å²) in [4.78, 5) is 3.88. The van der Waals surface area contributed by atoms with Gasteiger partial charge in [-0.3, -0.25) is 0 Å². The minimum absolute atomic E-state index is 0.510. The molecular weight excluding hydrogens is 182 g/mol. The second-order valence-corrected chi connectivity index (χ2v) is 3.88. The summed E-state index contributed by atoms with van der Waals surface area (Å²) in [6.45, 7) is 1.17. The highest BCUT2D eigenvalue weighted by molar-refractivity contribution is 4.87. The summed E-state index contributed by atoms with van der Waals surface area (Å²) in [5.41, 5.74) is -0.510. The fraction of sp³-hybridized carbons (Fsp3) is 0.778. The van der Waals surface area contributed by atoms with Gasteiger partial charge in [-0.15, -0.1) is 0 Å². The molecule has 0 atom stereocenters. The third-order valence-corrected chi connectivity index (χ3v) is 2.68. The van der Waals surface area contributed by atoms with Crippen LogP contribution in [-0.2, 0) is 6.54 Å². The molecule has 2 N–H and O–H groups in total. The number of nitrogens with zero attached hydrogens (tertiary/aromatic N) is 2. The van der Waals surface area contributed by atoms with Gasteiger partial charge in [0.25, 0.3) is 0 Å². The van der Waals surface area contributed by atoms with Crippen LogP contribution in [0, 0.1) is 0 Å². The van der Waals surface area contributed by atoms with Gasteiger partial charge in [0.05, 0.1) is 12.1 Å². The van der Waals surface area contributed by atoms with Crippen LogP contribution in [-0.4, -0.2) is 27.4 Å². The second kappa shape index (κ2) is 4.06. The van der Waals surface area contributed by atoms with E-state index in [1.165, 1.54) is 6.39 Å². The SMILES string of the molecule is OC1(CNCc2ncon2)CCCC1. The second-order valence-electron chi connectivity index (χ2n) is 3.88. The van der Waals surface area contributed by atoms with Crippen molar-refractivity contribution in [2.24, 2.45) is 0 Å². The summed E-state index contributed by atoms with van der Waals surface area (Å²) in [6, 6.07) is 0. The van der Waals surface area contributed by atoms with Crippen molar-refractivity contribution in [3.63, 3.8) is 0 Å². The zero-order valence-corrected chi connectivity index (χ0v) is 8.07. The maximum atomic E-state index is 9.99. The van der Waals surface area contributed by atoms with Gasteiger partial charge >= 0.3 is 0 Å². The first-order valence-electron chi connectivity index (χ1n) is 4.97. The summed E-state index contributed by atoms with van der Waals surface area (Å²) >= 11 is 0. The fourth-order valence-corrected chi connectivity index (χ4v) is 1.89. The first-order valence-corrected chi connectivity index (χ1v) is 4.97. The summed E-state index contributed by atoms with van der Waals surface area (Å²) in [5.74, 6) is 0.631. The Balaban J connectivity index is 1.72. The third-order valence-electron chi connectivity index (χ3n) is 2.68. The van der Waals surface area contributed by atoms with E-state index in [-0.39, 0.29) is 0 Å². The largest absolute Gasteiger partial charge is 0.389 e. The first kappa shape index (κ1) is 9.61. The van der Waals surface area contributed by atoms with Crippen molar-refractivity contribution in [2.75, 3.05) is 6.54 Å². The number of rotatable bonds is 4. The third kappa shape index (κ3) is 2.30. The van der Waals surface area contributed by atoms with Gasteiger partial charge in [-0.2, -0.15) is 4.98 Å². The van der Waals surface area contributed by atoms with Crippen molar-refractivity contribution in [3.8, 4) is 0 Å². The van der Waals surface area contributed by atoms with Crippen LogP contribution in [0.1, 0.15) is 31.5 Å². The van der Waals surface area contributed by atoms with Crippen LogP contribution in [0.2, 0.25) is 0 Å². The molecule has 0 bridgehead atoms. The molecule has 0 aliphatic heterocycles. The molecule has 0 saturated heterocycles. The molecule has 1 aromatic rings. The van der Waals surface area contributed by atoms with Crippen molar-refractivity contribution < 1.29 is 9.63 Å². The van der Waals surface area contributed by atoms with Gasteiger partial charge in [-0.05, 0) is 12.8 Å².